The molecule has 0 fully saturated rings. The quantitative estimate of drug-likeness (QED) is 0.613. The normalized spacial score (nSPS) is 10.7. The zero-order valence-corrected chi connectivity index (χ0v) is 14.2. The molecule has 0 spiro atoms. The summed E-state index contributed by atoms with van der Waals surface area (Å²) < 4.78 is 5.39. The number of amides is 1. The molecule has 2 rings (SSSR count). The van der Waals surface area contributed by atoms with E-state index in [0.29, 0.717) is 13.2 Å². The van der Waals surface area contributed by atoms with Crippen molar-refractivity contribution in [2.24, 2.45) is 0 Å². The summed E-state index contributed by atoms with van der Waals surface area (Å²) in [6.45, 7) is 3.13. The van der Waals surface area contributed by atoms with Gasteiger partial charge < -0.3 is 10.1 Å². The number of thioether (sulfide) groups is 1. The van der Waals surface area contributed by atoms with E-state index in [0.717, 1.165) is 16.9 Å². The maximum Gasteiger partial charge on any atom is 0.244 e. The average molecular weight is 327 g/mol. The van der Waals surface area contributed by atoms with Gasteiger partial charge in [-0.25, -0.2) is 0 Å². The highest BCUT2D eigenvalue weighted by molar-refractivity contribution is 7.98. The first kappa shape index (κ1) is 17.2. The molecule has 0 aliphatic carbocycles. The van der Waals surface area contributed by atoms with Crippen molar-refractivity contribution in [2.75, 3.05) is 12.9 Å². The second-order valence-corrected chi connectivity index (χ2v) is 5.78. The fourth-order valence-electron chi connectivity index (χ4n) is 2.01. The molecule has 1 N–H and O–H groups in total. The molecule has 0 aromatic heterocycles. The number of nitrogens with one attached hydrogen (secondary N) is 1. The number of rotatable bonds is 7. The van der Waals surface area contributed by atoms with E-state index in [4.69, 9.17) is 4.74 Å². The Morgan fingerprint density at radius 2 is 1.83 bits per heavy atom. The van der Waals surface area contributed by atoms with Gasteiger partial charge in [0, 0.05) is 17.5 Å². The third-order valence-electron chi connectivity index (χ3n) is 3.24. The van der Waals surface area contributed by atoms with Crippen molar-refractivity contribution in [1.29, 1.82) is 0 Å². The lowest BCUT2D eigenvalue weighted by Gasteiger charge is -2.04. The number of carbonyl (C=O) groups is 1. The van der Waals surface area contributed by atoms with Gasteiger partial charge >= 0.3 is 0 Å². The molecule has 0 radical (unpaired) electrons. The molecule has 1 amide bonds. The van der Waals surface area contributed by atoms with Crippen molar-refractivity contribution in [2.45, 2.75) is 18.4 Å². The average Bonchev–Trinajstić information content (AvgIpc) is 2.60. The molecule has 0 atom stereocenters. The summed E-state index contributed by atoms with van der Waals surface area (Å²) in [7, 11) is 0. The molecule has 0 heterocycles. The Bertz CT molecular complexity index is 648. The predicted molar refractivity (Wildman–Crippen MR) is 96.7 cm³/mol. The third-order valence-corrected chi connectivity index (χ3v) is 3.99. The zero-order valence-electron chi connectivity index (χ0n) is 13.4. The van der Waals surface area contributed by atoms with Crippen LogP contribution in [-0.4, -0.2) is 18.8 Å². The fourth-order valence-corrected chi connectivity index (χ4v) is 2.41. The molecule has 0 unspecified atom stereocenters. The molecular weight excluding hydrogens is 306 g/mol. The van der Waals surface area contributed by atoms with Crippen LogP contribution in [-0.2, 0) is 11.3 Å². The van der Waals surface area contributed by atoms with E-state index in [1.165, 1.54) is 4.90 Å². The number of carbonyl (C=O) groups excluding carboxylic acids is 1. The maximum atomic E-state index is 11.9. The molecule has 0 bridgehead atoms. The number of hydrogen-bond acceptors (Lipinski definition) is 3. The molecule has 2 aromatic rings. The Balaban J connectivity index is 1.83. The van der Waals surface area contributed by atoms with Crippen LogP contribution in [0.4, 0.5) is 0 Å². The SMILES string of the molecule is CCOc1ccc(/C=C/C(=O)NCc2ccc(SC)cc2)cc1. The monoisotopic (exact) mass is 327 g/mol. The zero-order chi connectivity index (χ0) is 16.5. The van der Waals surface area contributed by atoms with Gasteiger partial charge in [-0.15, -0.1) is 11.8 Å². The van der Waals surface area contributed by atoms with Gasteiger partial charge in [-0.2, -0.15) is 0 Å². The summed E-state index contributed by atoms with van der Waals surface area (Å²) in [4.78, 5) is 13.1. The highest BCUT2D eigenvalue weighted by atomic mass is 32.2. The third kappa shape index (κ3) is 5.83. The van der Waals surface area contributed by atoms with E-state index in [2.05, 4.69) is 17.4 Å². The van der Waals surface area contributed by atoms with Gasteiger partial charge in [0.25, 0.3) is 0 Å². The molecule has 0 aliphatic heterocycles. The minimum absolute atomic E-state index is 0.104. The number of hydrogen-bond donors (Lipinski definition) is 1. The first-order valence-corrected chi connectivity index (χ1v) is 8.75. The van der Waals surface area contributed by atoms with Crippen molar-refractivity contribution >= 4 is 23.7 Å². The van der Waals surface area contributed by atoms with Gasteiger partial charge in [0.1, 0.15) is 5.75 Å². The van der Waals surface area contributed by atoms with Crippen LogP contribution >= 0.6 is 11.8 Å². The lowest BCUT2D eigenvalue weighted by Crippen LogP contribution is -2.20. The predicted octanol–water partition coefficient (Wildman–Crippen LogP) is 4.14. The van der Waals surface area contributed by atoms with Crippen molar-refractivity contribution < 1.29 is 9.53 Å². The summed E-state index contributed by atoms with van der Waals surface area (Å²) in [6.07, 6.45) is 5.39. The summed E-state index contributed by atoms with van der Waals surface area (Å²) in [5.74, 6) is 0.732. The molecule has 0 saturated carbocycles. The van der Waals surface area contributed by atoms with E-state index in [1.807, 2.05) is 49.6 Å². The largest absolute Gasteiger partial charge is 0.494 e. The number of ether oxygens (including phenoxy) is 1. The second kappa shape index (κ2) is 9.06. The van der Waals surface area contributed by atoms with Gasteiger partial charge in [0.2, 0.25) is 5.91 Å². The number of benzene rings is 2. The van der Waals surface area contributed by atoms with Gasteiger partial charge in [-0.05, 0) is 54.6 Å². The van der Waals surface area contributed by atoms with Crippen LogP contribution in [0.25, 0.3) is 6.08 Å². The van der Waals surface area contributed by atoms with Crippen molar-refractivity contribution in [3.05, 3.63) is 65.7 Å². The Labute approximate surface area is 141 Å². The first-order valence-electron chi connectivity index (χ1n) is 7.53. The van der Waals surface area contributed by atoms with E-state index in [9.17, 15) is 4.79 Å². The van der Waals surface area contributed by atoms with Gasteiger partial charge in [0.05, 0.1) is 6.61 Å². The molecule has 0 aliphatic rings. The fraction of sp³-hybridized carbons (Fsp3) is 0.211. The highest BCUT2D eigenvalue weighted by Crippen LogP contribution is 2.15. The Kier molecular flexibility index (Phi) is 6.76. The summed E-state index contributed by atoms with van der Waals surface area (Å²) in [5, 5.41) is 2.88. The minimum Gasteiger partial charge on any atom is -0.494 e. The van der Waals surface area contributed by atoms with E-state index in [-0.39, 0.29) is 5.91 Å². The molecule has 0 saturated heterocycles. The first-order chi connectivity index (χ1) is 11.2. The molecule has 2 aromatic carbocycles. The molecule has 3 nitrogen and oxygen atoms in total. The Hall–Kier alpha value is -2.20. The highest BCUT2D eigenvalue weighted by Gasteiger charge is 1.98. The van der Waals surface area contributed by atoms with Crippen LogP contribution in [0.1, 0.15) is 18.1 Å². The van der Waals surface area contributed by atoms with Crippen molar-refractivity contribution in [3.8, 4) is 5.75 Å². The Morgan fingerprint density at radius 1 is 1.13 bits per heavy atom. The van der Waals surface area contributed by atoms with E-state index < -0.39 is 0 Å². The summed E-state index contributed by atoms with van der Waals surface area (Å²) in [5.41, 5.74) is 2.05. The van der Waals surface area contributed by atoms with E-state index >= 15 is 0 Å². The van der Waals surface area contributed by atoms with Crippen LogP contribution in [0.2, 0.25) is 0 Å². The molecule has 23 heavy (non-hydrogen) atoms. The second-order valence-electron chi connectivity index (χ2n) is 4.90. The van der Waals surface area contributed by atoms with Crippen LogP contribution in [0.5, 0.6) is 5.75 Å². The summed E-state index contributed by atoms with van der Waals surface area (Å²) >= 11 is 1.70. The molecule has 120 valence electrons. The van der Waals surface area contributed by atoms with Crippen LogP contribution in [0, 0.1) is 0 Å². The lowest BCUT2D eigenvalue weighted by molar-refractivity contribution is -0.116. The van der Waals surface area contributed by atoms with Crippen molar-refractivity contribution in [3.63, 3.8) is 0 Å². The molecule has 4 heteroatoms. The smallest absolute Gasteiger partial charge is 0.244 e. The van der Waals surface area contributed by atoms with Crippen LogP contribution in [0.15, 0.2) is 59.5 Å². The maximum absolute atomic E-state index is 11.9. The standard InChI is InChI=1S/C19H21NO2S/c1-3-22-17-9-4-15(5-10-17)8-13-19(21)20-14-16-6-11-18(23-2)12-7-16/h4-13H,3,14H2,1-2H3,(H,20,21)/b13-8+. The van der Waals surface area contributed by atoms with Crippen LogP contribution < -0.4 is 10.1 Å². The summed E-state index contributed by atoms with van der Waals surface area (Å²) in [6, 6.07) is 15.8. The van der Waals surface area contributed by atoms with Crippen LogP contribution in [0.3, 0.4) is 0 Å². The topological polar surface area (TPSA) is 38.3 Å². The van der Waals surface area contributed by atoms with E-state index in [1.54, 1.807) is 23.9 Å². The van der Waals surface area contributed by atoms with Gasteiger partial charge in [-0.3, -0.25) is 4.79 Å². The lowest BCUT2D eigenvalue weighted by atomic mass is 10.2. The van der Waals surface area contributed by atoms with Crippen molar-refractivity contribution in [1.82, 2.24) is 5.32 Å². The minimum atomic E-state index is -0.104. The van der Waals surface area contributed by atoms with Gasteiger partial charge in [-0.1, -0.05) is 24.3 Å². The Morgan fingerprint density at radius 3 is 2.43 bits per heavy atom. The van der Waals surface area contributed by atoms with Gasteiger partial charge in [0.15, 0.2) is 0 Å². The molecular formula is C19H21NO2S.